The van der Waals surface area contributed by atoms with Crippen molar-refractivity contribution in [3.8, 4) is 0 Å². The standard InChI is InChI=1S/C18H19ClN2O/c1-14-5-4-6-15(13-14)18(22)21-11-9-20(10-12-21)17-8-3-2-7-16(17)19/h2-8,13H,9-12H2,1H3/p+1. The van der Waals surface area contributed by atoms with Gasteiger partial charge in [-0.25, -0.2) is 0 Å². The monoisotopic (exact) mass is 315 g/mol. The third-order valence-corrected chi connectivity index (χ3v) is 4.50. The van der Waals surface area contributed by atoms with Crippen molar-refractivity contribution in [1.29, 1.82) is 0 Å². The largest absolute Gasteiger partial charge is 0.327 e. The van der Waals surface area contributed by atoms with Crippen LogP contribution in [0.3, 0.4) is 0 Å². The van der Waals surface area contributed by atoms with Crippen LogP contribution in [0.25, 0.3) is 0 Å². The van der Waals surface area contributed by atoms with Gasteiger partial charge in [0.25, 0.3) is 5.91 Å². The number of amides is 1. The van der Waals surface area contributed by atoms with Crippen molar-refractivity contribution in [1.82, 2.24) is 4.90 Å². The maximum atomic E-state index is 12.6. The minimum atomic E-state index is 0.127. The summed E-state index contributed by atoms with van der Waals surface area (Å²) >= 11 is 6.27. The number of nitrogens with zero attached hydrogens (tertiary/aromatic N) is 1. The number of quaternary nitrogens is 1. The Morgan fingerprint density at radius 2 is 1.82 bits per heavy atom. The molecule has 0 saturated carbocycles. The Labute approximate surface area is 136 Å². The van der Waals surface area contributed by atoms with E-state index in [0.717, 1.165) is 48.0 Å². The van der Waals surface area contributed by atoms with Crippen molar-refractivity contribution >= 4 is 23.2 Å². The van der Waals surface area contributed by atoms with E-state index in [1.165, 1.54) is 4.90 Å². The molecule has 0 unspecified atom stereocenters. The molecule has 3 rings (SSSR count). The van der Waals surface area contributed by atoms with E-state index in [1.807, 2.05) is 54.3 Å². The molecule has 4 heteroatoms. The van der Waals surface area contributed by atoms with Crippen molar-refractivity contribution in [3.63, 3.8) is 0 Å². The number of carbonyl (C=O) groups is 1. The molecule has 1 amide bonds. The molecule has 0 atom stereocenters. The van der Waals surface area contributed by atoms with Gasteiger partial charge in [0.05, 0.1) is 26.2 Å². The second kappa shape index (κ2) is 6.51. The third-order valence-electron chi connectivity index (χ3n) is 4.17. The lowest BCUT2D eigenvalue weighted by Crippen LogP contribution is -3.10. The number of para-hydroxylation sites is 1. The first-order valence-electron chi connectivity index (χ1n) is 7.60. The molecule has 1 aliphatic heterocycles. The molecule has 3 nitrogen and oxygen atoms in total. The van der Waals surface area contributed by atoms with Gasteiger partial charge in [-0.3, -0.25) is 9.69 Å². The molecule has 1 aliphatic rings. The number of halogens is 1. The summed E-state index contributed by atoms with van der Waals surface area (Å²) in [5.74, 6) is 0.127. The zero-order valence-corrected chi connectivity index (χ0v) is 13.4. The first kappa shape index (κ1) is 15.1. The molecule has 0 bridgehead atoms. The molecule has 0 aliphatic carbocycles. The molecule has 2 aromatic rings. The quantitative estimate of drug-likeness (QED) is 0.904. The first-order chi connectivity index (χ1) is 10.6. The summed E-state index contributed by atoms with van der Waals surface area (Å²) in [6, 6.07) is 15.7. The Morgan fingerprint density at radius 1 is 1.09 bits per heavy atom. The SMILES string of the molecule is Cc1cccc(C(=O)N2CC[NH+](c3ccccc3Cl)CC2)c1. The van der Waals surface area contributed by atoms with Gasteiger partial charge in [-0.2, -0.15) is 0 Å². The fraction of sp³-hybridized carbons (Fsp3) is 0.278. The Kier molecular flexibility index (Phi) is 4.46. The topological polar surface area (TPSA) is 24.8 Å². The lowest BCUT2D eigenvalue weighted by atomic mass is 10.1. The molecule has 2 aromatic carbocycles. The van der Waals surface area contributed by atoms with E-state index in [-0.39, 0.29) is 5.91 Å². The zero-order valence-electron chi connectivity index (χ0n) is 12.7. The Morgan fingerprint density at radius 3 is 2.50 bits per heavy atom. The zero-order chi connectivity index (χ0) is 15.5. The average molecular weight is 316 g/mol. The first-order valence-corrected chi connectivity index (χ1v) is 7.98. The van der Waals surface area contributed by atoms with Crippen LogP contribution in [-0.4, -0.2) is 37.0 Å². The Bertz CT molecular complexity index is 678. The number of nitrogens with one attached hydrogen (secondary N) is 1. The summed E-state index contributed by atoms with van der Waals surface area (Å²) in [7, 11) is 0. The van der Waals surface area contributed by atoms with Crippen molar-refractivity contribution in [3.05, 3.63) is 64.7 Å². The molecule has 0 spiro atoms. The molecule has 1 N–H and O–H groups in total. The van der Waals surface area contributed by atoms with Crippen LogP contribution in [0.4, 0.5) is 5.69 Å². The van der Waals surface area contributed by atoms with Crippen LogP contribution >= 0.6 is 11.6 Å². The summed E-state index contributed by atoms with van der Waals surface area (Å²) in [4.78, 5) is 15.8. The molecule has 1 fully saturated rings. The summed E-state index contributed by atoms with van der Waals surface area (Å²) in [6.45, 7) is 5.31. The van der Waals surface area contributed by atoms with Crippen LogP contribution in [0.5, 0.6) is 0 Å². The fourth-order valence-electron chi connectivity index (χ4n) is 2.96. The minimum absolute atomic E-state index is 0.127. The maximum Gasteiger partial charge on any atom is 0.254 e. The van der Waals surface area contributed by atoms with Crippen molar-refractivity contribution in [2.45, 2.75) is 6.92 Å². The van der Waals surface area contributed by atoms with Crippen molar-refractivity contribution in [2.75, 3.05) is 26.2 Å². The van der Waals surface area contributed by atoms with Crippen LogP contribution in [0.1, 0.15) is 15.9 Å². The summed E-state index contributed by atoms with van der Waals surface area (Å²) in [5.41, 5.74) is 3.03. The number of carbonyl (C=O) groups excluding carboxylic acids is 1. The number of piperazine rings is 1. The van der Waals surface area contributed by atoms with Gasteiger partial charge in [0.1, 0.15) is 10.7 Å². The number of hydrogen-bond donors (Lipinski definition) is 1. The van der Waals surface area contributed by atoms with Gasteiger partial charge in [0.15, 0.2) is 0 Å². The second-order valence-electron chi connectivity index (χ2n) is 5.75. The van der Waals surface area contributed by atoms with Gasteiger partial charge >= 0.3 is 0 Å². The van der Waals surface area contributed by atoms with Gasteiger partial charge < -0.3 is 4.90 Å². The number of benzene rings is 2. The normalized spacial score (nSPS) is 15.8. The molecular formula is C18H20ClN2O+. The molecule has 22 heavy (non-hydrogen) atoms. The van der Waals surface area contributed by atoms with E-state index < -0.39 is 0 Å². The van der Waals surface area contributed by atoms with Crippen LogP contribution in [0, 0.1) is 6.92 Å². The summed E-state index contributed by atoms with van der Waals surface area (Å²) in [5, 5.41) is 0.802. The van der Waals surface area contributed by atoms with Gasteiger partial charge in [-0.1, -0.05) is 41.4 Å². The van der Waals surface area contributed by atoms with Crippen molar-refractivity contribution < 1.29 is 9.69 Å². The molecule has 1 saturated heterocycles. The van der Waals surface area contributed by atoms with Crippen LogP contribution in [-0.2, 0) is 0 Å². The highest BCUT2D eigenvalue weighted by Gasteiger charge is 2.26. The van der Waals surface area contributed by atoms with Crippen molar-refractivity contribution in [2.24, 2.45) is 0 Å². The van der Waals surface area contributed by atoms with Gasteiger partial charge in [-0.05, 0) is 25.1 Å². The van der Waals surface area contributed by atoms with E-state index in [2.05, 4.69) is 6.07 Å². The predicted octanol–water partition coefficient (Wildman–Crippen LogP) is 2.32. The van der Waals surface area contributed by atoms with Gasteiger partial charge in [0.2, 0.25) is 0 Å². The summed E-state index contributed by atoms with van der Waals surface area (Å²) in [6.07, 6.45) is 0. The van der Waals surface area contributed by atoms with Crippen LogP contribution in [0.2, 0.25) is 5.02 Å². The molecular weight excluding hydrogens is 296 g/mol. The number of aryl methyl sites for hydroxylation is 1. The molecule has 114 valence electrons. The third kappa shape index (κ3) is 3.16. The smallest absolute Gasteiger partial charge is 0.254 e. The fourth-order valence-corrected chi connectivity index (χ4v) is 3.23. The van der Waals surface area contributed by atoms with Crippen LogP contribution < -0.4 is 4.90 Å². The second-order valence-corrected chi connectivity index (χ2v) is 6.15. The van der Waals surface area contributed by atoms with E-state index in [4.69, 9.17) is 11.6 Å². The van der Waals surface area contributed by atoms with E-state index in [1.54, 1.807) is 0 Å². The van der Waals surface area contributed by atoms with Crippen LogP contribution in [0.15, 0.2) is 48.5 Å². The van der Waals surface area contributed by atoms with Gasteiger partial charge in [0, 0.05) is 11.6 Å². The number of hydrogen-bond acceptors (Lipinski definition) is 1. The predicted molar refractivity (Wildman–Crippen MR) is 88.9 cm³/mol. The highest BCUT2D eigenvalue weighted by molar-refractivity contribution is 6.32. The summed E-state index contributed by atoms with van der Waals surface area (Å²) < 4.78 is 0. The lowest BCUT2D eigenvalue weighted by Gasteiger charge is -2.32. The van der Waals surface area contributed by atoms with Gasteiger partial charge in [-0.15, -0.1) is 0 Å². The highest BCUT2D eigenvalue weighted by atomic mass is 35.5. The molecule has 0 radical (unpaired) electrons. The maximum absolute atomic E-state index is 12.6. The number of rotatable bonds is 2. The molecule has 0 aromatic heterocycles. The van der Waals surface area contributed by atoms with E-state index in [0.29, 0.717) is 0 Å². The Balaban J connectivity index is 1.67. The van der Waals surface area contributed by atoms with E-state index in [9.17, 15) is 4.79 Å². The minimum Gasteiger partial charge on any atom is -0.327 e. The van der Waals surface area contributed by atoms with E-state index >= 15 is 0 Å². The lowest BCUT2D eigenvalue weighted by molar-refractivity contribution is -0.837. The highest BCUT2D eigenvalue weighted by Crippen LogP contribution is 2.17. The molecule has 1 heterocycles. The Hall–Kier alpha value is -1.84. The average Bonchev–Trinajstić information content (AvgIpc) is 2.55.